The van der Waals surface area contributed by atoms with Crippen LogP contribution < -0.4 is 5.32 Å². The van der Waals surface area contributed by atoms with Gasteiger partial charge in [-0.15, -0.1) is 0 Å². The monoisotopic (exact) mass is 245 g/mol. The molecule has 3 nitrogen and oxygen atoms in total. The number of nitrogens with one attached hydrogen (secondary N) is 1. The Morgan fingerprint density at radius 1 is 0.471 bits per heavy atom. The normalized spacial score (nSPS) is 10.9. The van der Waals surface area contributed by atoms with E-state index in [1.165, 1.54) is 57.8 Å². The van der Waals surface area contributed by atoms with Gasteiger partial charge >= 0.3 is 0 Å². The highest BCUT2D eigenvalue weighted by atomic mass is 16.3. The van der Waals surface area contributed by atoms with E-state index in [9.17, 15) is 0 Å². The first-order chi connectivity index (χ1) is 8.41. The third kappa shape index (κ3) is 15.9. The first-order valence-corrected chi connectivity index (χ1v) is 7.34. The Morgan fingerprint density at radius 2 is 0.941 bits per heavy atom. The molecule has 3 N–H and O–H groups in total. The Kier molecular flexibility index (Phi) is 15.8. The lowest BCUT2D eigenvalue weighted by atomic mass is 10.1. The van der Waals surface area contributed by atoms with Gasteiger partial charge in [-0.3, -0.25) is 0 Å². The van der Waals surface area contributed by atoms with Crippen molar-refractivity contribution in [2.24, 2.45) is 0 Å². The van der Waals surface area contributed by atoms with Crippen LogP contribution in [0.15, 0.2) is 0 Å². The molecule has 104 valence electrons. The molecule has 0 saturated carbocycles. The fraction of sp³-hybridized carbons (Fsp3) is 1.00. The first kappa shape index (κ1) is 16.9. The molecule has 0 atom stereocenters. The van der Waals surface area contributed by atoms with Gasteiger partial charge < -0.3 is 15.5 Å². The number of rotatable bonds is 14. The number of unbranched alkanes of at least 4 members (excludes halogenated alkanes) is 9. The molecule has 0 aromatic carbocycles. The second-order valence-corrected chi connectivity index (χ2v) is 4.73. The van der Waals surface area contributed by atoms with Gasteiger partial charge in [0, 0.05) is 13.2 Å². The van der Waals surface area contributed by atoms with Crippen molar-refractivity contribution in [2.45, 2.75) is 64.2 Å². The molecule has 0 aromatic rings. The van der Waals surface area contributed by atoms with Gasteiger partial charge in [0.15, 0.2) is 0 Å². The second-order valence-electron chi connectivity index (χ2n) is 4.73. The van der Waals surface area contributed by atoms with Gasteiger partial charge in [-0.05, 0) is 19.4 Å². The van der Waals surface area contributed by atoms with Crippen LogP contribution in [-0.4, -0.2) is 36.5 Å². The first-order valence-electron chi connectivity index (χ1n) is 7.34. The topological polar surface area (TPSA) is 52.5 Å². The largest absolute Gasteiger partial charge is 0.396 e. The van der Waals surface area contributed by atoms with Crippen molar-refractivity contribution in [2.75, 3.05) is 26.3 Å². The molecule has 0 fully saturated rings. The highest BCUT2D eigenvalue weighted by molar-refractivity contribution is 4.50. The molecule has 0 radical (unpaired) electrons. The molecule has 0 bridgehead atoms. The molecular weight excluding hydrogens is 214 g/mol. The van der Waals surface area contributed by atoms with E-state index in [0.717, 1.165) is 19.5 Å². The van der Waals surface area contributed by atoms with E-state index in [4.69, 9.17) is 10.2 Å². The molecule has 0 saturated heterocycles. The maximum absolute atomic E-state index is 8.62. The van der Waals surface area contributed by atoms with Crippen LogP contribution in [0.4, 0.5) is 0 Å². The Labute approximate surface area is 107 Å². The van der Waals surface area contributed by atoms with Gasteiger partial charge in [-0.2, -0.15) is 0 Å². The van der Waals surface area contributed by atoms with E-state index in [0.29, 0.717) is 6.61 Å². The van der Waals surface area contributed by atoms with E-state index in [1.54, 1.807) is 0 Å². The number of hydrogen-bond acceptors (Lipinski definition) is 3. The molecule has 0 aliphatic rings. The van der Waals surface area contributed by atoms with Crippen LogP contribution in [0.5, 0.6) is 0 Å². The summed E-state index contributed by atoms with van der Waals surface area (Å²) < 4.78 is 0. The molecule has 3 heteroatoms. The van der Waals surface area contributed by atoms with Crippen LogP contribution in [0.3, 0.4) is 0 Å². The minimum Gasteiger partial charge on any atom is -0.396 e. The highest BCUT2D eigenvalue weighted by Gasteiger charge is 1.93. The van der Waals surface area contributed by atoms with Gasteiger partial charge in [0.2, 0.25) is 0 Å². The van der Waals surface area contributed by atoms with Crippen molar-refractivity contribution in [1.82, 2.24) is 5.32 Å². The summed E-state index contributed by atoms with van der Waals surface area (Å²) in [5, 5.41) is 20.4. The quantitative estimate of drug-likeness (QED) is 0.412. The molecule has 0 heterocycles. The third-order valence-corrected chi connectivity index (χ3v) is 3.05. The Bertz CT molecular complexity index is 117. The summed E-state index contributed by atoms with van der Waals surface area (Å²) in [6.07, 6.45) is 12.7. The van der Waals surface area contributed by atoms with Crippen LogP contribution >= 0.6 is 0 Å². The van der Waals surface area contributed by atoms with Crippen LogP contribution in [0.2, 0.25) is 0 Å². The van der Waals surface area contributed by atoms with Crippen molar-refractivity contribution in [3.63, 3.8) is 0 Å². The van der Waals surface area contributed by atoms with Crippen molar-refractivity contribution < 1.29 is 10.2 Å². The number of aliphatic hydroxyl groups excluding tert-OH is 2. The van der Waals surface area contributed by atoms with Crippen molar-refractivity contribution in [3.8, 4) is 0 Å². The van der Waals surface area contributed by atoms with Gasteiger partial charge in [0.25, 0.3) is 0 Å². The number of hydrogen-bond donors (Lipinski definition) is 3. The summed E-state index contributed by atoms with van der Waals surface area (Å²) >= 11 is 0. The summed E-state index contributed by atoms with van der Waals surface area (Å²) in [6.45, 7) is 2.37. The summed E-state index contributed by atoms with van der Waals surface area (Å²) in [5.74, 6) is 0. The lowest BCUT2D eigenvalue weighted by molar-refractivity contribution is 0.282. The summed E-state index contributed by atoms with van der Waals surface area (Å²) in [6, 6.07) is 0. The number of aliphatic hydroxyl groups is 2. The van der Waals surface area contributed by atoms with Crippen LogP contribution in [-0.2, 0) is 0 Å². The van der Waals surface area contributed by atoms with Crippen LogP contribution in [0.1, 0.15) is 64.2 Å². The van der Waals surface area contributed by atoms with Crippen LogP contribution in [0.25, 0.3) is 0 Å². The van der Waals surface area contributed by atoms with Gasteiger partial charge in [0.1, 0.15) is 0 Å². The standard InChI is InChI=1S/C14H31NO2/c16-13-10-8-6-4-2-1-3-5-7-9-11-15-12-14-17/h15-17H,1-14H2. The SMILES string of the molecule is OCCCCCCCCCCCCNCCO. The van der Waals surface area contributed by atoms with Gasteiger partial charge in [-0.1, -0.05) is 51.4 Å². The molecule has 17 heavy (non-hydrogen) atoms. The zero-order valence-electron chi connectivity index (χ0n) is 11.3. The second kappa shape index (κ2) is 15.9. The molecular formula is C14H31NO2. The maximum atomic E-state index is 8.62. The van der Waals surface area contributed by atoms with Crippen molar-refractivity contribution in [3.05, 3.63) is 0 Å². The van der Waals surface area contributed by atoms with Crippen molar-refractivity contribution >= 4 is 0 Å². The lowest BCUT2D eigenvalue weighted by Gasteiger charge is -2.03. The fourth-order valence-corrected chi connectivity index (χ4v) is 1.98. The lowest BCUT2D eigenvalue weighted by Crippen LogP contribution is -2.19. The van der Waals surface area contributed by atoms with E-state index < -0.39 is 0 Å². The Balaban J connectivity index is 2.85. The maximum Gasteiger partial charge on any atom is 0.0555 e. The summed E-state index contributed by atoms with van der Waals surface area (Å²) in [5.41, 5.74) is 0. The molecule has 0 spiro atoms. The molecule has 0 aromatic heterocycles. The minimum atomic E-state index is 0.246. The van der Waals surface area contributed by atoms with E-state index in [-0.39, 0.29) is 6.61 Å². The molecule has 0 aliphatic carbocycles. The van der Waals surface area contributed by atoms with E-state index in [1.807, 2.05) is 0 Å². The third-order valence-electron chi connectivity index (χ3n) is 3.05. The van der Waals surface area contributed by atoms with Crippen LogP contribution in [0, 0.1) is 0 Å². The van der Waals surface area contributed by atoms with Gasteiger partial charge in [-0.25, -0.2) is 0 Å². The smallest absolute Gasteiger partial charge is 0.0555 e. The highest BCUT2D eigenvalue weighted by Crippen LogP contribution is 2.10. The van der Waals surface area contributed by atoms with E-state index >= 15 is 0 Å². The predicted molar refractivity (Wildman–Crippen MR) is 73.2 cm³/mol. The van der Waals surface area contributed by atoms with E-state index in [2.05, 4.69) is 5.32 Å². The zero-order valence-corrected chi connectivity index (χ0v) is 11.3. The molecule has 0 aliphatic heterocycles. The predicted octanol–water partition coefficient (Wildman–Crippen LogP) is 2.46. The molecule has 0 rings (SSSR count). The Hall–Kier alpha value is -0.120. The van der Waals surface area contributed by atoms with Gasteiger partial charge in [0.05, 0.1) is 6.61 Å². The average molecular weight is 245 g/mol. The summed E-state index contributed by atoms with van der Waals surface area (Å²) in [4.78, 5) is 0. The zero-order chi connectivity index (χ0) is 12.6. The molecule has 0 amide bonds. The molecule has 0 unspecified atom stereocenters. The van der Waals surface area contributed by atoms with Crippen molar-refractivity contribution in [1.29, 1.82) is 0 Å². The summed E-state index contributed by atoms with van der Waals surface area (Å²) in [7, 11) is 0. The minimum absolute atomic E-state index is 0.246. The Morgan fingerprint density at radius 3 is 1.41 bits per heavy atom. The average Bonchev–Trinajstić information content (AvgIpc) is 2.35. The fourth-order valence-electron chi connectivity index (χ4n) is 1.98.